The molecule has 0 spiro atoms. The summed E-state index contributed by atoms with van der Waals surface area (Å²) in [6.45, 7) is 6.58. The van der Waals surface area contributed by atoms with Crippen LogP contribution in [0.15, 0.2) is 16.7 Å². The molecule has 0 aromatic heterocycles. The maximum Gasteiger partial charge on any atom is 0.155 e. The minimum atomic E-state index is -0.00269. The van der Waals surface area contributed by atoms with E-state index in [4.69, 9.17) is 0 Å². The summed E-state index contributed by atoms with van der Waals surface area (Å²) >= 11 is 0. The summed E-state index contributed by atoms with van der Waals surface area (Å²) in [6.07, 6.45) is 0. The van der Waals surface area contributed by atoms with Crippen molar-refractivity contribution in [2.24, 2.45) is 0 Å². The molecule has 0 aromatic carbocycles. The van der Waals surface area contributed by atoms with E-state index in [0.29, 0.717) is 11.1 Å². The standard InChI is InChI=1S/C9H12O2/c1-6(5-10)7(2)8(3)9(4)11/h1-4H3/b8-7+. The van der Waals surface area contributed by atoms with Gasteiger partial charge in [0.05, 0.1) is 0 Å². The van der Waals surface area contributed by atoms with Gasteiger partial charge in [0.25, 0.3) is 0 Å². The van der Waals surface area contributed by atoms with Crippen molar-refractivity contribution in [3.8, 4) is 0 Å². The Morgan fingerprint density at radius 2 is 1.45 bits per heavy atom. The van der Waals surface area contributed by atoms with E-state index >= 15 is 0 Å². The van der Waals surface area contributed by atoms with Gasteiger partial charge >= 0.3 is 0 Å². The van der Waals surface area contributed by atoms with Crippen LogP contribution in [-0.2, 0) is 9.59 Å². The minimum Gasteiger partial charge on any atom is -0.295 e. The van der Waals surface area contributed by atoms with E-state index in [9.17, 15) is 9.59 Å². The molecule has 0 saturated heterocycles. The largest absolute Gasteiger partial charge is 0.295 e. The highest BCUT2D eigenvalue weighted by Crippen LogP contribution is 2.11. The fourth-order valence-electron chi connectivity index (χ4n) is 0.622. The van der Waals surface area contributed by atoms with Crippen LogP contribution >= 0.6 is 0 Å². The van der Waals surface area contributed by atoms with Crippen LogP contribution < -0.4 is 0 Å². The molecule has 0 bridgehead atoms. The Kier molecular flexibility index (Phi) is 3.49. The number of rotatable bonds is 2. The van der Waals surface area contributed by atoms with Gasteiger partial charge in [-0.1, -0.05) is 0 Å². The quantitative estimate of drug-likeness (QED) is 0.343. The molecule has 11 heavy (non-hydrogen) atoms. The number of Topliss-reactive ketones (excluding diaryl/α,β-unsaturated/α-hetero) is 1. The fraction of sp³-hybridized carbons (Fsp3) is 0.444. The first-order valence-corrected chi connectivity index (χ1v) is 3.41. The molecular formula is C9H12O2. The zero-order valence-corrected chi connectivity index (χ0v) is 7.32. The van der Waals surface area contributed by atoms with Gasteiger partial charge in [0.2, 0.25) is 0 Å². The number of allylic oxidation sites excluding steroid dienone is 3. The molecule has 0 aromatic rings. The number of carbonyl (C=O) groups is 1. The summed E-state index contributed by atoms with van der Waals surface area (Å²) in [5.74, 6) is 1.75. The van der Waals surface area contributed by atoms with Crippen molar-refractivity contribution in [2.45, 2.75) is 27.7 Å². The summed E-state index contributed by atoms with van der Waals surface area (Å²) < 4.78 is 0. The molecule has 0 aliphatic heterocycles. The molecule has 60 valence electrons. The van der Waals surface area contributed by atoms with Gasteiger partial charge in [-0.15, -0.1) is 0 Å². The van der Waals surface area contributed by atoms with Crippen LogP contribution in [0.2, 0.25) is 0 Å². The Balaban J connectivity index is 4.97. The van der Waals surface area contributed by atoms with Crippen LogP contribution in [0, 0.1) is 0 Å². The first-order chi connectivity index (χ1) is 5.00. The lowest BCUT2D eigenvalue weighted by molar-refractivity contribution is -0.113. The smallest absolute Gasteiger partial charge is 0.155 e. The van der Waals surface area contributed by atoms with E-state index in [1.54, 1.807) is 26.7 Å². The highest BCUT2D eigenvalue weighted by Gasteiger charge is 2.03. The predicted octanol–water partition coefficient (Wildman–Crippen LogP) is 1.69. The maximum absolute atomic E-state index is 10.8. The average molecular weight is 152 g/mol. The zero-order chi connectivity index (χ0) is 9.02. The number of hydrogen-bond donors (Lipinski definition) is 0. The Hall–Kier alpha value is -1.14. The lowest BCUT2D eigenvalue weighted by Gasteiger charge is -2.00. The number of ketones is 1. The van der Waals surface area contributed by atoms with Crippen molar-refractivity contribution in [3.63, 3.8) is 0 Å². The summed E-state index contributed by atoms with van der Waals surface area (Å²) in [7, 11) is 0. The second kappa shape index (κ2) is 3.89. The van der Waals surface area contributed by atoms with Gasteiger partial charge in [0.1, 0.15) is 5.94 Å². The van der Waals surface area contributed by atoms with Crippen LogP contribution in [0.5, 0.6) is 0 Å². The first kappa shape index (κ1) is 9.86. The molecule has 0 saturated carbocycles. The molecule has 0 radical (unpaired) electrons. The van der Waals surface area contributed by atoms with Gasteiger partial charge in [-0.05, 0) is 38.8 Å². The molecule has 0 aliphatic carbocycles. The van der Waals surface area contributed by atoms with E-state index in [0.717, 1.165) is 5.57 Å². The van der Waals surface area contributed by atoms with Crippen LogP contribution in [-0.4, -0.2) is 11.7 Å². The summed E-state index contributed by atoms with van der Waals surface area (Å²) in [5, 5.41) is 0. The van der Waals surface area contributed by atoms with Gasteiger partial charge in [0.15, 0.2) is 5.78 Å². The van der Waals surface area contributed by atoms with E-state index in [2.05, 4.69) is 0 Å². The highest BCUT2D eigenvalue weighted by molar-refractivity contribution is 5.94. The van der Waals surface area contributed by atoms with E-state index < -0.39 is 0 Å². The van der Waals surface area contributed by atoms with Crippen LogP contribution in [0.1, 0.15) is 27.7 Å². The van der Waals surface area contributed by atoms with Crippen molar-refractivity contribution >= 4 is 11.7 Å². The second-order valence-corrected chi connectivity index (χ2v) is 2.53. The van der Waals surface area contributed by atoms with Gasteiger partial charge in [-0.3, -0.25) is 4.79 Å². The Labute approximate surface area is 66.6 Å². The number of carbonyl (C=O) groups excluding carboxylic acids is 2. The minimum absolute atomic E-state index is 0.00269. The van der Waals surface area contributed by atoms with E-state index in [1.165, 1.54) is 6.92 Å². The maximum atomic E-state index is 10.8. The third kappa shape index (κ3) is 2.52. The molecule has 0 fully saturated rings. The molecular weight excluding hydrogens is 140 g/mol. The van der Waals surface area contributed by atoms with E-state index in [-0.39, 0.29) is 5.78 Å². The van der Waals surface area contributed by atoms with Crippen LogP contribution in [0.3, 0.4) is 0 Å². The van der Waals surface area contributed by atoms with Crippen molar-refractivity contribution in [3.05, 3.63) is 16.7 Å². The number of hydrogen-bond acceptors (Lipinski definition) is 2. The van der Waals surface area contributed by atoms with Gasteiger partial charge in [-0.25, -0.2) is 4.79 Å². The lowest BCUT2D eigenvalue weighted by atomic mass is 10.0. The van der Waals surface area contributed by atoms with Crippen LogP contribution in [0.25, 0.3) is 0 Å². The zero-order valence-electron chi connectivity index (χ0n) is 7.32. The summed E-state index contributed by atoms with van der Waals surface area (Å²) in [6, 6.07) is 0. The molecule has 2 nitrogen and oxygen atoms in total. The highest BCUT2D eigenvalue weighted by atomic mass is 16.1. The molecule has 0 N–H and O–H groups in total. The topological polar surface area (TPSA) is 34.1 Å². The Morgan fingerprint density at radius 1 is 1.00 bits per heavy atom. The van der Waals surface area contributed by atoms with Gasteiger partial charge < -0.3 is 0 Å². The summed E-state index contributed by atoms with van der Waals surface area (Å²) in [5.41, 5.74) is 1.86. The average Bonchev–Trinajstić information content (AvgIpc) is 2.00. The molecule has 2 heteroatoms. The molecule has 0 atom stereocenters. The van der Waals surface area contributed by atoms with Crippen molar-refractivity contribution in [1.82, 2.24) is 0 Å². The lowest BCUT2D eigenvalue weighted by Crippen LogP contribution is -1.96. The molecule has 0 heterocycles. The third-order valence-corrected chi connectivity index (χ3v) is 1.81. The second-order valence-electron chi connectivity index (χ2n) is 2.53. The van der Waals surface area contributed by atoms with Crippen molar-refractivity contribution in [1.29, 1.82) is 0 Å². The van der Waals surface area contributed by atoms with Gasteiger partial charge in [-0.2, -0.15) is 0 Å². The Bertz CT molecular complexity index is 253. The fourth-order valence-corrected chi connectivity index (χ4v) is 0.622. The summed E-state index contributed by atoms with van der Waals surface area (Å²) in [4.78, 5) is 21.0. The van der Waals surface area contributed by atoms with E-state index in [1.807, 2.05) is 0 Å². The first-order valence-electron chi connectivity index (χ1n) is 3.41. The predicted molar refractivity (Wildman–Crippen MR) is 43.9 cm³/mol. The molecule has 0 aliphatic rings. The van der Waals surface area contributed by atoms with Crippen LogP contribution in [0.4, 0.5) is 0 Å². The normalized spacial score (nSPS) is 11.6. The van der Waals surface area contributed by atoms with Crippen molar-refractivity contribution in [2.75, 3.05) is 0 Å². The van der Waals surface area contributed by atoms with Gasteiger partial charge in [0, 0.05) is 5.57 Å². The SMILES string of the molecule is CC(=O)/C(C)=C(\C)C(C)=C=O. The van der Waals surface area contributed by atoms with Crippen molar-refractivity contribution < 1.29 is 9.59 Å². The molecule has 0 amide bonds. The molecule has 0 rings (SSSR count). The third-order valence-electron chi connectivity index (χ3n) is 1.81. The monoisotopic (exact) mass is 152 g/mol. The Morgan fingerprint density at radius 3 is 1.73 bits per heavy atom. The molecule has 0 unspecified atom stereocenters.